The van der Waals surface area contributed by atoms with Crippen molar-refractivity contribution in [3.8, 4) is 0 Å². The van der Waals surface area contributed by atoms with E-state index in [-0.39, 0.29) is 0 Å². The topological polar surface area (TPSA) is 70.3 Å². The van der Waals surface area contributed by atoms with Crippen LogP contribution < -0.4 is 16.2 Å². The summed E-state index contributed by atoms with van der Waals surface area (Å²) in [5.74, 6) is 6.83. The van der Waals surface area contributed by atoms with Gasteiger partial charge < -0.3 is 15.2 Å². The van der Waals surface area contributed by atoms with E-state index in [9.17, 15) is 0 Å². The summed E-state index contributed by atoms with van der Waals surface area (Å²) < 4.78 is 0. The maximum atomic E-state index is 5.36. The van der Waals surface area contributed by atoms with Crippen LogP contribution in [0, 0.1) is 0 Å². The summed E-state index contributed by atoms with van der Waals surface area (Å²) in [6.07, 6.45) is 5.75. The quantitative estimate of drug-likeness (QED) is 0.605. The third-order valence-corrected chi connectivity index (χ3v) is 3.68. The maximum Gasteiger partial charge on any atom is 0.160 e. The van der Waals surface area contributed by atoms with Gasteiger partial charge in [0.15, 0.2) is 5.82 Å². The Balaban J connectivity index is 2.00. The number of hydrogen-bond donors (Lipinski definition) is 2. The molecule has 0 saturated carbocycles. The first kappa shape index (κ1) is 13.0. The van der Waals surface area contributed by atoms with Gasteiger partial charge in [0.05, 0.1) is 12.4 Å². The minimum atomic E-state index is 0.537. The third kappa shape index (κ3) is 2.88. The Morgan fingerprint density at radius 1 is 1.44 bits per heavy atom. The van der Waals surface area contributed by atoms with Crippen molar-refractivity contribution < 1.29 is 0 Å². The number of nitrogens with zero attached hydrogens (tertiary/aromatic N) is 4. The van der Waals surface area contributed by atoms with E-state index in [4.69, 9.17) is 5.84 Å². The number of piperidine rings is 1. The largest absolute Gasteiger partial charge is 0.355 e. The molecular weight excluding hydrogens is 228 g/mol. The van der Waals surface area contributed by atoms with E-state index in [1.54, 1.807) is 12.4 Å². The van der Waals surface area contributed by atoms with Gasteiger partial charge in [-0.15, -0.1) is 0 Å². The van der Waals surface area contributed by atoms with Crippen molar-refractivity contribution in [1.29, 1.82) is 0 Å². The number of nitrogens with two attached hydrogens (primary N) is 1. The lowest BCUT2D eigenvalue weighted by molar-refractivity contribution is 0.220. The number of hydrogen-bond acceptors (Lipinski definition) is 6. The fourth-order valence-electron chi connectivity index (χ4n) is 2.41. The lowest BCUT2D eigenvalue weighted by atomic mass is 10.0. The van der Waals surface area contributed by atoms with E-state index in [1.807, 2.05) is 0 Å². The molecule has 0 spiro atoms. The predicted octanol–water partition coefficient (Wildman–Crippen LogP) is 0.683. The Kier molecular flexibility index (Phi) is 4.33. The lowest BCUT2D eigenvalue weighted by Gasteiger charge is -2.36. The van der Waals surface area contributed by atoms with Gasteiger partial charge in [-0.25, -0.2) is 10.8 Å². The van der Waals surface area contributed by atoms with Crippen molar-refractivity contribution in [3.05, 3.63) is 12.4 Å². The van der Waals surface area contributed by atoms with Gasteiger partial charge in [0.25, 0.3) is 0 Å². The minimum Gasteiger partial charge on any atom is -0.355 e. The molecule has 0 bridgehead atoms. The second kappa shape index (κ2) is 5.97. The smallest absolute Gasteiger partial charge is 0.160 e. The molecule has 1 aliphatic heterocycles. The molecule has 0 amide bonds. The molecule has 1 aromatic rings. The summed E-state index contributed by atoms with van der Waals surface area (Å²) in [6.45, 7) is 5.68. The van der Waals surface area contributed by atoms with E-state index >= 15 is 0 Å². The number of hydrazine groups is 1. The molecule has 1 aromatic heterocycles. The molecule has 18 heavy (non-hydrogen) atoms. The highest BCUT2D eigenvalue weighted by atomic mass is 15.3. The number of anilines is 2. The number of nitrogen functional groups attached to an aromatic ring is 1. The van der Waals surface area contributed by atoms with Crippen LogP contribution >= 0.6 is 0 Å². The van der Waals surface area contributed by atoms with Crippen LogP contribution in [0.5, 0.6) is 0 Å². The van der Waals surface area contributed by atoms with Crippen molar-refractivity contribution in [2.24, 2.45) is 5.84 Å². The lowest BCUT2D eigenvalue weighted by Crippen LogP contribution is -2.43. The zero-order valence-electron chi connectivity index (χ0n) is 11.1. The van der Waals surface area contributed by atoms with Gasteiger partial charge in [0.1, 0.15) is 5.82 Å². The van der Waals surface area contributed by atoms with Gasteiger partial charge in [-0.1, -0.05) is 6.92 Å². The molecule has 1 aliphatic rings. The van der Waals surface area contributed by atoms with Gasteiger partial charge in [0.2, 0.25) is 0 Å². The molecule has 100 valence electrons. The van der Waals surface area contributed by atoms with Crippen LogP contribution in [0.25, 0.3) is 0 Å². The molecule has 2 heterocycles. The molecule has 0 atom stereocenters. The summed E-state index contributed by atoms with van der Waals surface area (Å²) in [5, 5.41) is 0. The summed E-state index contributed by atoms with van der Waals surface area (Å²) in [6, 6.07) is 0.537. The van der Waals surface area contributed by atoms with E-state index < -0.39 is 0 Å². The highest BCUT2D eigenvalue weighted by molar-refractivity contribution is 5.43. The Morgan fingerprint density at radius 3 is 2.78 bits per heavy atom. The summed E-state index contributed by atoms with van der Waals surface area (Å²) in [4.78, 5) is 13.3. The molecular formula is C12H22N6. The van der Waals surface area contributed by atoms with Crippen LogP contribution in [-0.4, -0.2) is 47.6 Å². The number of aromatic nitrogens is 2. The Hall–Kier alpha value is -1.40. The summed E-state index contributed by atoms with van der Waals surface area (Å²) in [7, 11) is 2.08. The van der Waals surface area contributed by atoms with E-state index in [0.717, 1.165) is 25.5 Å². The second-order valence-corrected chi connectivity index (χ2v) is 4.68. The van der Waals surface area contributed by atoms with Gasteiger partial charge in [-0.3, -0.25) is 4.98 Å². The monoisotopic (exact) mass is 250 g/mol. The minimum absolute atomic E-state index is 0.537. The number of rotatable bonds is 4. The zero-order valence-corrected chi connectivity index (χ0v) is 11.1. The molecule has 3 N–H and O–H groups in total. The molecule has 1 saturated heterocycles. The van der Waals surface area contributed by atoms with E-state index in [2.05, 4.69) is 39.2 Å². The third-order valence-electron chi connectivity index (χ3n) is 3.68. The van der Waals surface area contributed by atoms with Gasteiger partial charge >= 0.3 is 0 Å². The van der Waals surface area contributed by atoms with Crippen molar-refractivity contribution in [1.82, 2.24) is 14.9 Å². The fourth-order valence-corrected chi connectivity index (χ4v) is 2.41. The van der Waals surface area contributed by atoms with Gasteiger partial charge in [-0.05, 0) is 19.4 Å². The standard InChI is InChI=1S/C12H22N6/c1-3-18-6-4-10(5-7-18)17(2)12-9-14-8-11(15-12)16-13/h8-10H,3-7,13H2,1-2H3,(H,15,16). The highest BCUT2D eigenvalue weighted by Gasteiger charge is 2.22. The zero-order chi connectivity index (χ0) is 13.0. The normalized spacial score (nSPS) is 17.7. The van der Waals surface area contributed by atoms with Gasteiger partial charge in [0, 0.05) is 26.2 Å². The maximum absolute atomic E-state index is 5.36. The van der Waals surface area contributed by atoms with E-state index in [0.29, 0.717) is 11.9 Å². The first-order chi connectivity index (χ1) is 8.74. The molecule has 1 fully saturated rings. The second-order valence-electron chi connectivity index (χ2n) is 4.68. The van der Waals surface area contributed by atoms with Crippen LogP contribution in [0.1, 0.15) is 19.8 Å². The van der Waals surface area contributed by atoms with Crippen LogP contribution in [0.2, 0.25) is 0 Å². The highest BCUT2D eigenvalue weighted by Crippen LogP contribution is 2.20. The average molecular weight is 250 g/mol. The Labute approximate surface area is 108 Å². The first-order valence-corrected chi connectivity index (χ1v) is 6.48. The summed E-state index contributed by atoms with van der Waals surface area (Å²) in [5.41, 5.74) is 2.53. The first-order valence-electron chi connectivity index (χ1n) is 6.48. The predicted molar refractivity (Wildman–Crippen MR) is 73.4 cm³/mol. The van der Waals surface area contributed by atoms with Crippen LogP contribution in [-0.2, 0) is 0 Å². The van der Waals surface area contributed by atoms with Crippen LogP contribution in [0.4, 0.5) is 11.6 Å². The SMILES string of the molecule is CCN1CCC(N(C)c2cncc(NN)n2)CC1. The molecule has 6 heteroatoms. The molecule has 6 nitrogen and oxygen atoms in total. The fraction of sp³-hybridized carbons (Fsp3) is 0.667. The molecule has 0 radical (unpaired) electrons. The Bertz CT molecular complexity index is 375. The van der Waals surface area contributed by atoms with Crippen molar-refractivity contribution in [2.75, 3.05) is 37.0 Å². The summed E-state index contributed by atoms with van der Waals surface area (Å²) >= 11 is 0. The van der Waals surface area contributed by atoms with Gasteiger partial charge in [-0.2, -0.15) is 0 Å². The molecule has 0 unspecified atom stereocenters. The molecule has 0 aromatic carbocycles. The molecule has 2 rings (SSSR count). The number of likely N-dealkylation sites (tertiary alicyclic amines) is 1. The van der Waals surface area contributed by atoms with Crippen LogP contribution in [0.3, 0.4) is 0 Å². The van der Waals surface area contributed by atoms with Crippen molar-refractivity contribution in [2.45, 2.75) is 25.8 Å². The Morgan fingerprint density at radius 2 is 2.17 bits per heavy atom. The van der Waals surface area contributed by atoms with Crippen LogP contribution in [0.15, 0.2) is 12.4 Å². The average Bonchev–Trinajstić information content (AvgIpc) is 2.46. The number of nitrogens with one attached hydrogen (secondary N) is 1. The van der Waals surface area contributed by atoms with E-state index in [1.165, 1.54) is 12.8 Å². The van der Waals surface area contributed by atoms with Crippen molar-refractivity contribution >= 4 is 11.6 Å². The molecule has 0 aliphatic carbocycles. The van der Waals surface area contributed by atoms with Crippen molar-refractivity contribution in [3.63, 3.8) is 0 Å².